The fraction of sp³-hybridized carbons (Fsp3) is 0.833. The lowest BCUT2D eigenvalue weighted by molar-refractivity contribution is -0.145. The second-order valence-corrected chi connectivity index (χ2v) is 4.87. The maximum Gasteiger partial charge on any atom is 0.311 e. The molecule has 1 heterocycles. The number of rotatable bonds is 6. The molecule has 0 aromatic carbocycles. The molecule has 104 valence electrons. The smallest absolute Gasteiger partial charge is 0.311 e. The largest absolute Gasteiger partial charge is 0.481 e. The van der Waals surface area contributed by atoms with E-state index in [0.29, 0.717) is 19.7 Å². The molecule has 1 fully saturated rings. The first-order valence-electron chi connectivity index (χ1n) is 6.22. The molecule has 0 bridgehead atoms. The van der Waals surface area contributed by atoms with Crippen molar-refractivity contribution in [2.24, 2.45) is 5.92 Å². The molecule has 0 saturated carbocycles. The van der Waals surface area contributed by atoms with Crippen molar-refractivity contribution in [1.29, 1.82) is 0 Å². The number of hydrogen-bond donors (Lipinski definition) is 1. The Morgan fingerprint density at radius 3 is 2.50 bits per heavy atom. The number of carboxylic acids is 1. The highest BCUT2D eigenvalue weighted by atomic mass is 16.5. The van der Waals surface area contributed by atoms with Crippen molar-refractivity contribution in [3.8, 4) is 0 Å². The molecule has 1 aliphatic rings. The van der Waals surface area contributed by atoms with Crippen LogP contribution in [0.5, 0.6) is 0 Å². The molecule has 0 radical (unpaired) electrons. The average molecular weight is 258 g/mol. The molecule has 1 saturated heterocycles. The maximum absolute atomic E-state index is 12.1. The third-order valence-corrected chi connectivity index (χ3v) is 3.00. The zero-order chi connectivity index (χ0) is 13.7. The van der Waals surface area contributed by atoms with Gasteiger partial charge in [-0.05, 0) is 20.5 Å². The third kappa shape index (κ3) is 3.68. The Morgan fingerprint density at radius 2 is 2.00 bits per heavy atom. The number of carbonyl (C=O) groups is 2. The van der Waals surface area contributed by atoms with Gasteiger partial charge in [-0.15, -0.1) is 0 Å². The van der Waals surface area contributed by atoms with Crippen LogP contribution in [-0.4, -0.2) is 73.2 Å². The van der Waals surface area contributed by atoms with Crippen LogP contribution in [0.25, 0.3) is 0 Å². The summed E-state index contributed by atoms with van der Waals surface area (Å²) in [5, 5.41) is 9.14. The lowest BCUT2D eigenvalue weighted by atomic mass is 10.0. The van der Waals surface area contributed by atoms with E-state index in [1.807, 2.05) is 21.0 Å². The predicted molar refractivity (Wildman–Crippen MR) is 66.3 cm³/mol. The van der Waals surface area contributed by atoms with Crippen LogP contribution in [0, 0.1) is 5.92 Å². The Hall–Kier alpha value is -1.14. The van der Waals surface area contributed by atoms with Crippen LogP contribution in [0.2, 0.25) is 0 Å². The Balaban J connectivity index is 2.77. The zero-order valence-corrected chi connectivity index (χ0v) is 11.3. The fourth-order valence-corrected chi connectivity index (χ4v) is 2.16. The average Bonchev–Trinajstić information content (AvgIpc) is 2.73. The highest BCUT2D eigenvalue weighted by molar-refractivity contribution is 5.80. The Kier molecular flexibility index (Phi) is 5.55. The lowest BCUT2D eigenvalue weighted by Gasteiger charge is -2.31. The molecule has 1 amide bonds. The molecule has 0 aromatic rings. The fourth-order valence-electron chi connectivity index (χ4n) is 2.16. The summed E-state index contributed by atoms with van der Waals surface area (Å²) in [5.74, 6) is -1.54. The first kappa shape index (κ1) is 14.9. The van der Waals surface area contributed by atoms with Crippen LogP contribution in [0.4, 0.5) is 0 Å². The van der Waals surface area contributed by atoms with Crippen molar-refractivity contribution >= 4 is 11.9 Å². The molecule has 1 N–H and O–H groups in total. The molecular formula is C12H22N2O4. The molecule has 2 atom stereocenters. The number of carbonyl (C=O) groups excluding carboxylic acids is 1. The first-order chi connectivity index (χ1) is 8.47. The van der Waals surface area contributed by atoms with Crippen LogP contribution < -0.4 is 0 Å². The Bertz CT molecular complexity index is 306. The number of carboxylic acid groups (broad SMARTS) is 1. The van der Waals surface area contributed by atoms with Gasteiger partial charge < -0.3 is 19.6 Å². The van der Waals surface area contributed by atoms with Gasteiger partial charge in [0.05, 0.1) is 25.8 Å². The highest BCUT2D eigenvalue weighted by Crippen LogP contribution is 2.20. The summed E-state index contributed by atoms with van der Waals surface area (Å²) in [6.07, 6.45) is 0.808. The quantitative estimate of drug-likeness (QED) is 0.719. The molecule has 6 nitrogen and oxygen atoms in total. The summed E-state index contributed by atoms with van der Waals surface area (Å²) < 4.78 is 5.23. The lowest BCUT2D eigenvalue weighted by Crippen LogP contribution is -2.49. The SMILES string of the molecule is CCCN(C(=O)CN(C)C)C1COCC1C(=O)O. The molecule has 0 spiro atoms. The van der Waals surface area contributed by atoms with E-state index in [4.69, 9.17) is 9.84 Å². The van der Waals surface area contributed by atoms with Crippen LogP contribution >= 0.6 is 0 Å². The number of ether oxygens (including phenoxy) is 1. The summed E-state index contributed by atoms with van der Waals surface area (Å²) in [5.41, 5.74) is 0. The van der Waals surface area contributed by atoms with Gasteiger partial charge in [0.1, 0.15) is 5.92 Å². The van der Waals surface area contributed by atoms with Crippen LogP contribution in [0.3, 0.4) is 0 Å². The monoisotopic (exact) mass is 258 g/mol. The van der Waals surface area contributed by atoms with E-state index in [1.54, 1.807) is 9.80 Å². The van der Waals surface area contributed by atoms with Gasteiger partial charge in [-0.2, -0.15) is 0 Å². The van der Waals surface area contributed by atoms with Gasteiger partial charge in [0.25, 0.3) is 0 Å². The van der Waals surface area contributed by atoms with E-state index in [9.17, 15) is 9.59 Å². The Labute approximate surface area is 107 Å². The van der Waals surface area contributed by atoms with Crippen LogP contribution in [0.1, 0.15) is 13.3 Å². The van der Waals surface area contributed by atoms with Crippen molar-refractivity contribution in [3.63, 3.8) is 0 Å². The van der Waals surface area contributed by atoms with E-state index in [0.717, 1.165) is 6.42 Å². The summed E-state index contributed by atoms with van der Waals surface area (Å²) in [6.45, 7) is 3.35. The van der Waals surface area contributed by atoms with Crippen LogP contribution in [0.15, 0.2) is 0 Å². The highest BCUT2D eigenvalue weighted by Gasteiger charge is 2.39. The number of likely N-dealkylation sites (N-methyl/N-ethyl adjacent to an activating group) is 1. The van der Waals surface area contributed by atoms with Crippen molar-refractivity contribution in [3.05, 3.63) is 0 Å². The number of hydrogen-bond acceptors (Lipinski definition) is 4. The van der Waals surface area contributed by atoms with Crippen molar-refractivity contribution in [2.45, 2.75) is 19.4 Å². The van der Waals surface area contributed by atoms with Crippen molar-refractivity contribution < 1.29 is 19.4 Å². The minimum atomic E-state index is -0.892. The molecule has 1 aliphatic heterocycles. The van der Waals surface area contributed by atoms with E-state index in [2.05, 4.69) is 0 Å². The second kappa shape index (κ2) is 6.70. The molecule has 6 heteroatoms. The molecule has 1 rings (SSSR count). The minimum Gasteiger partial charge on any atom is -0.481 e. The van der Waals surface area contributed by atoms with Crippen molar-refractivity contribution in [2.75, 3.05) is 40.4 Å². The van der Waals surface area contributed by atoms with Gasteiger partial charge in [0, 0.05) is 6.54 Å². The summed E-state index contributed by atoms with van der Waals surface area (Å²) in [4.78, 5) is 26.7. The molecule has 2 unspecified atom stereocenters. The second-order valence-electron chi connectivity index (χ2n) is 4.87. The number of nitrogens with zero attached hydrogens (tertiary/aromatic N) is 2. The van der Waals surface area contributed by atoms with Gasteiger partial charge in [-0.25, -0.2) is 0 Å². The van der Waals surface area contributed by atoms with Gasteiger partial charge in [0.15, 0.2) is 0 Å². The predicted octanol–water partition coefficient (Wildman–Crippen LogP) is -0.114. The Morgan fingerprint density at radius 1 is 1.33 bits per heavy atom. The van der Waals surface area contributed by atoms with E-state index in [1.165, 1.54) is 0 Å². The summed E-state index contributed by atoms with van der Waals surface area (Å²) in [7, 11) is 3.64. The molecule has 0 aromatic heterocycles. The minimum absolute atomic E-state index is 0.0383. The summed E-state index contributed by atoms with van der Waals surface area (Å²) >= 11 is 0. The topological polar surface area (TPSA) is 70.1 Å². The molecular weight excluding hydrogens is 236 g/mol. The standard InChI is InChI=1S/C12H22N2O4/c1-4-5-14(11(15)6-13(2)3)10-8-18-7-9(10)12(16)17/h9-10H,4-8H2,1-3H3,(H,16,17). The zero-order valence-electron chi connectivity index (χ0n) is 11.3. The maximum atomic E-state index is 12.1. The van der Waals surface area contributed by atoms with Gasteiger partial charge >= 0.3 is 5.97 Å². The van der Waals surface area contributed by atoms with Gasteiger partial charge in [-0.1, -0.05) is 6.92 Å². The normalized spacial score (nSPS) is 23.3. The van der Waals surface area contributed by atoms with E-state index < -0.39 is 11.9 Å². The number of amides is 1. The first-order valence-corrected chi connectivity index (χ1v) is 6.22. The van der Waals surface area contributed by atoms with E-state index in [-0.39, 0.29) is 18.6 Å². The third-order valence-electron chi connectivity index (χ3n) is 3.00. The van der Waals surface area contributed by atoms with E-state index >= 15 is 0 Å². The number of aliphatic carboxylic acids is 1. The van der Waals surface area contributed by atoms with Crippen LogP contribution in [-0.2, 0) is 14.3 Å². The molecule has 0 aliphatic carbocycles. The summed E-state index contributed by atoms with van der Waals surface area (Å²) in [6, 6.07) is -0.338. The van der Waals surface area contributed by atoms with Crippen molar-refractivity contribution in [1.82, 2.24) is 9.80 Å². The van der Waals surface area contributed by atoms with Gasteiger partial charge in [0.2, 0.25) is 5.91 Å². The van der Waals surface area contributed by atoms with Gasteiger partial charge in [-0.3, -0.25) is 9.59 Å². The molecule has 18 heavy (non-hydrogen) atoms.